The summed E-state index contributed by atoms with van der Waals surface area (Å²) in [5.41, 5.74) is 0.635. The van der Waals surface area contributed by atoms with Crippen LogP contribution < -0.4 is 0 Å². The Bertz CT molecular complexity index is 526. The molecule has 0 bridgehead atoms. The van der Waals surface area contributed by atoms with Crippen LogP contribution in [-0.2, 0) is 6.18 Å². The van der Waals surface area contributed by atoms with E-state index in [1.54, 1.807) is 24.3 Å². The molecular formula is C12H8ClF3O. The first-order valence-corrected chi connectivity index (χ1v) is 5.19. The van der Waals surface area contributed by atoms with Crippen LogP contribution in [0.4, 0.5) is 13.2 Å². The van der Waals surface area contributed by atoms with Crippen molar-refractivity contribution in [1.29, 1.82) is 0 Å². The van der Waals surface area contributed by atoms with Crippen molar-refractivity contribution in [2.75, 3.05) is 0 Å². The van der Waals surface area contributed by atoms with Gasteiger partial charge in [-0.2, -0.15) is 13.2 Å². The molecule has 0 unspecified atom stereocenters. The highest BCUT2D eigenvalue weighted by Crippen LogP contribution is 2.36. The van der Waals surface area contributed by atoms with E-state index < -0.39 is 11.9 Å². The molecule has 1 heterocycles. The van der Waals surface area contributed by atoms with Gasteiger partial charge in [-0.15, -0.1) is 0 Å². The Labute approximate surface area is 101 Å². The Hall–Kier alpha value is -1.42. The van der Waals surface area contributed by atoms with Crippen LogP contribution in [-0.4, -0.2) is 0 Å². The first-order valence-electron chi connectivity index (χ1n) is 4.81. The summed E-state index contributed by atoms with van der Waals surface area (Å²) in [6, 6.07) is 7.79. The van der Waals surface area contributed by atoms with Crippen molar-refractivity contribution in [2.24, 2.45) is 0 Å². The van der Waals surface area contributed by atoms with Gasteiger partial charge in [-0.05, 0) is 37.3 Å². The lowest BCUT2D eigenvalue weighted by Crippen LogP contribution is -2.04. The molecule has 0 aliphatic rings. The van der Waals surface area contributed by atoms with E-state index in [0.717, 1.165) is 0 Å². The Kier molecular flexibility index (Phi) is 2.91. The molecule has 2 rings (SSSR count). The lowest BCUT2D eigenvalue weighted by atomic mass is 10.1. The van der Waals surface area contributed by atoms with E-state index in [0.29, 0.717) is 10.6 Å². The summed E-state index contributed by atoms with van der Waals surface area (Å²) in [6.07, 6.45) is -4.46. The Balaban J connectivity index is 2.45. The highest BCUT2D eigenvalue weighted by atomic mass is 35.5. The van der Waals surface area contributed by atoms with Crippen LogP contribution in [0.25, 0.3) is 11.3 Å². The molecule has 0 aliphatic carbocycles. The van der Waals surface area contributed by atoms with E-state index in [1.165, 1.54) is 13.0 Å². The maximum absolute atomic E-state index is 12.5. The molecule has 1 aromatic carbocycles. The van der Waals surface area contributed by atoms with Crippen LogP contribution in [0.15, 0.2) is 34.7 Å². The minimum Gasteiger partial charge on any atom is -0.451 e. The van der Waals surface area contributed by atoms with Crippen molar-refractivity contribution in [2.45, 2.75) is 13.1 Å². The molecule has 0 spiro atoms. The van der Waals surface area contributed by atoms with E-state index in [-0.39, 0.29) is 11.3 Å². The molecular weight excluding hydrogens is 253 g/mol. The molecule has 1 nitrogen and oxygen atoms in total. The van der Waals surface area contributed by atoms with Gasteiger partial charge in [0.15, 0.2) is 0 Å². The average Bonchev–Trinajstić information content (AvgIpc) is 2.61. The molecule has 0 amide bonds. The fourth-order valence-corrected chi connectivity index (χ4v) is 1.65. The van der Waals surface area contributed by atoms with Gasteiger partial charge in [-0.3, -0.25) is 0 Å². The third kappa shape index (κ3) is 2.47. The van der Waals surface area contributed by atoms with Crippen LogP contribution >= 0.6 is 11.6 Å². The van der Waals surface area contributed by atoms with Crippen LogP contribution in [0.1, 0.15) is 11.3 Å². The van der Waals surface area contributed by atoms with Gasteiger partial charge in [0.25, 0.3) is 0 Å². The zero-order chi connectivity index (χ0) is 12.6. The number of hydrogen-bond donors (Lipinski definition) is 0. The molecule has 0 radical (unpaired) electrons. The average molecular weight is 261 g/mol. The first kappa shape index (κ1) is 12.0. The van der Waals surface area contributed by atoms with Crippen LogP contribution in [0.2, 0.25) is 5.02 Å². The van der Waals surface area contributed by atoms with E-state index in [9.17, 15) is 13.2 Å². The summed E-state index contributed by atoms with van der Waals surface area (Å²) >= 11 is 5.70. The number of alkyl halides is 3. The van der Waals surface area contributed by atoms with Gasteiger partial charge in [0.05, 0.1) is 0 Å². The minimum atomic E-state index is -4.46. The molecule has 0 saturated carbocycles. The second kappa shape index (κ2) is 4.11. The van der Waals surface area contributed by atoms with Gasteiger partial charge < -0.3 is 4.42 Å². The number of furan rings is 1. The molecule has 0 fully saturated rings. The highest BCUT2D eigenvalue weighted by molar-refractivity contribution is 6.30. The third-order valence-corrected chi connectivity index (χ3v) is 2.56. The molecule has 90 valence electrons. The van der Waals surface area contributed by atoms with E-state index in [4.69, 9.17) is 16.0 Å². The van der Waals surface area contributed by atoms with Gasteiger partial charge in [0, 0.05) is 16.1 Å². The SMILES string of the molecule is Cc1cc(-c2ccc(Cl)cc2)oc1C(F)(F)F. The lowest BCUT2D eigenvalue weighted by Gasteiger charge is -2.02. The van der Waals surface area contributed by atoms with Crippen molar-refractivity contribution in [3.63, 3.8) is 0 Å². The Morgan fingerprint density at radius 3 is 2.18 bits per heavy atom. The van der Waals surface area contributed by atoms with Crippen molar-refractivity contribution in [3.8, 4) is 11.3 Å². The van der Waals surface area contributed by atoms with Gasteiger partial charge in [0.2, 0.25) is 5.76 Å². The second-order valence-electron chi connectivity index (χ2n) is 3.63. The maximum atomic E-state index is 12.5. The van der Waals surface area contributed by atoms with Gasteiger partial charge >= 0.3 is 6.18 Å². The predicted molar refractivity (Wildman–Crippen MR) is 58.9 cm³/mol. The minimum absolute atomic E-state index is 0.0717. The van der Waals surface area contributed by atoms with Crippen LogP contribution in [0.5, 0.6) is 0 Å². The summed E-state index contributed by atoms with van der Waals surface area (Å²) in [4.78, 5) is 0. The molecule has 1 aromatic heterocycles. The van der Waals surface area contributed by atoms with Crippen molar-refractivity contribution < 1.29 is 17.6 Å². The van der Waals surface area contributed by atoms with Gasteiger partial charge in [-0.25, -0.2) is 0 Å². The molecule has 17 heavy (non-hydrogen) atoms. The fourth-order valence-electron chi connectivity index (χ4n) is 1.52. The third-order valence-electron chi connectivity index (χ3n) is 2.30. The summed E-state index contributed by atoms with van der Waals surface area (Å²) in [7, 11) is 0. The topological polar surface area (TPSA) is 13.1 Å². The van der Waals surface area contributed by atoms with E-state index >= 15 is 0 Å². The largest absolute Gasteiger partial charge is 0.451 e. The predicted octanol–water partition coefficient (Wildman–Crippen LogP) is 4.93. The van der Waals surface area contributed by atoms with Crippen LogP contribution in [0.3, 0.4) is 0 Å². The molecule has 2 aromatic rings. The zero-order valence-electron chi connectivity index (χ0n) is 8.81. The molecule has 0 atom stereocenters. The summed E-state index contributed by atoms with van der Waals surface area (Å²) in [6.45, 7) is 1.37. The monoisotopic (exact) mass is 260 g/mol. The smallest absolute Gasteiger partial charge is 0.449 e. The van der Waals surface area contributed by atoms with Gasteiger partial charge in [0.1, 0.15) is 5.76 Å². The number of hydrogen-bond acceptors (Lipinski definition) is 1. The fraction of sp³-hybridized carbons (Fsp3) is 0.167. The maximum Gasteiger partial charge on any atom is 0.449 e. The molecule has 0 aliphatic heterocycles. The number of rotatable bonds is 1. The van der Waals surface area contributed by atoms with Crippen molar-refractivity contribution in [1.82, 2.24) is 0 Å². The highest BCUT2D eigenvalue weighted by Gasteiger charge is 2.37. The zero-order valence-corrected chi connectivity index (χ0v) is 9.56. The summed E-state index contributed by atoms with van der Waals surface area (Å²) in [5.74, 6) is -0.769. The standard InChI is InChI=1S/C12H8ClF3O/c1-7-6-10(17-11(7)12(14,15)16)8-2-4-9(13)5-3-8/h2-6H,1H3. The molecule has 0 N–H and O–H groups in total. The summed E-state index contributed by atoms with van der Waals surface area (Å²) in [5, 5.41) is 0.521. The first-order chi connectivity index (χ1) is 7.88. The molecule has 5 heteroatoms. The molecule has 0 saturated heterocycles. The van der Waals surface area contributed by atoms with Crippen LogP contribution in [0, 0.1) is 6.92 Å². The Morgan fingerprint density at radius 2 is 1.71 bits per heavy atom. The number of aryl methyl sites for hydroxylation is 1. The number of halogens is 4. The van der Waals surface area contributed by atoms with E-state index in [2.05, 4.69) is 0 Å². The van der Waals surface area contributed by atoms with Gasteiger partial charge in [-0.1, -0.05) is 11.6 Å². The summed E-state index contributed by atoms with van der Waals surface area (Å²) < 4.78 is 42.4. The second-order valence-corrected chi connectivity index (χ2v) is 4.06. The van der Waals surface area contributed by atoms with E-state index in [1.807, 2.05) is 0 Å². The Morgan fingerprint density at radius 1 is 1.12 bits per heavy atom. The van der Waals surface area contributed by atoms with Crippen molar-refractivity contribution in [3.05, 3.63) is 46.7 Å². The number of benzene rings is 1. The lowest BCUT2D eigenvalue weighted by molar-refractivity contribution is -0.153. The quantitative estimate of drug-likeness (QED) is 0.709. The van der Waals surface area contributed by atoms with Crippen molar-refractivity contribution >= 4 is 11.6 Å². The normalized spacial score (nSPS) is 11.8.